The van der Waals surface area contributed by atoms with Crippen molar-refractivity contribution < 1.29 is 19.1 Å². The highest BCUT2D eigenvalue weighted by Crippen LogP contribution is 2.22. The minimum Gasteiger partial charge on any atom is -0.477 e. The van der Waals surface area contributed by atoms with Gasteiger partial charge in [0.2, 0.25) is 5.88 Å². The molecule has 0 radical (unpaired) electrons. The van der Waals surface area contributed by atoms with Crippen LogP contribution in [0.1, 0.15) is 22.8 Å². The van der Waals surface area contributed by atoms with Crippen LogP contribution in [0.15, 0.2) is 29.8 Å². The van der Waals surface area contributed by atoms with Crippen LogP contribution in [0.25, 0.3) is 0 Å². The Morgan fingerprint density at radius 3 is 3.00 bits per heavy atom. The minimum absolute atomic E-state index is 0.149. The van der Waals surface area contributed by atoms with E-state index in [0.29, 0.717) is 17.2 Å². The molecule has 7 nitrogen and oxygen atoms in total. The molecule has 0 aliphatic heterocycles. The Bertz CT molecular complexity index is 751. The number of nitrogens with one attached hydrogen (secondary N) is 1. The summed E-state index contributed by atoms with van der Waals surface area (Å²) in [5.41, 5.74) is 0.511. The van der Waals surface area contributed by atoms with Crippen LogP contribution >= 0.6 is 11.3 Å². The number of pyridine rings is 1. The van der Waals surface area contributed by atoms with Crippen molar-refractivity contribution >= 4 is 28.2 Å². The molecule has 1 amide bonds. The van der Waals surface area contributed by atoms with Crippen LogP contribution in [0, 0.1) is 11.3 Å². The molecule has 23 heavy (non-hydrogen) atoms. The standard InChI is InChI=1S/C15H13N3O4S/c1-2-21-13-11(4-3-6-17-13)15(20)22-9-12(19)18-14-10(8-16)5-7-23-14/h3-7H,2,9H2,1H3,(H,18,19). The molecule has 0 aliphatic rings. The lowest BCUT2D eigenvalue weighted by molar-refractivity contribution is -0.119. The molecule has 0 fully saturated rings. The Balaban J connectivity index is 1.94. The van der Waals surface area contributed by atoms with E-state index in [1.807, 2.05) is 6.07 Å². The fourth-order valence-corrected chi connectivity index (χ4v) is 2.42. The van der Waals surface area contributed by atoms with Crippen LogP contribution < -0.4 is 10.1 Å². The van der Waals surface area contributed by atoms with Gasteiger partial charge in [0.1, 0.15) is 16.6 Å². The van der Waals surface area contributed by atoms with E-state index in [4.69, 9.17) is 14.7 Å². The van der Waals surface area contributed by atoms with Gasteiger partial charge in [-0.25, -0.2) is 9.78 Å². The van der Waals surface area contributed by atoms with E-state index < -0.39 is 18.5 Å². The number of amides is 1. The zero-order chi connectivity index (χ0) is 16.7. The van der Waals surface area contributed by atoms with Crippen LogP contribution in [0.5, 0.6) is 5.88 Å². The average molecular weight is 331 g/mol. The molecule has 118 valence electrons. The van der Waals surface area contributed by atoms with E-state index in [0.717, 1.165) is 0 Å². The maximum Gasteiger partial charge on any atom is 0.344 e. The molecule has 0 aliphatic carbocycles. The van der Waals surface area contributed by atoms with Gasteiger partial charge in [0.15, 0.2) is 6.61 Å². The number of thiophene rings is 1. The zero-order valence-electron chi connectivity index (χ0n) is 12.2. The first kappa shape index (κ1) is 16.5. The first-order valence-corrected chi connectivity index (χ1v) is 7.56. The topological polar surface area (TPSA) is 101 Å². The number of aromatic nitrogens is 1. The van der Waals surface area contributed by atoms with Crippen molar-refractivity contribution in [3.05, 3.63) is 40.9 Å². The number of anilines is 1. The molecule has 0 atom stereocenters. The molecule has 0 saturated carbocycles. The maximum atomic E-state index is 12.0. The number of carbonyl (C=O) groups excluding carboxylic acids is 2. The van der Waals surface area contributed by atoms with E-state index >= 15 is 0 Å². The molecule has 2 heterocycles. The third-order valence-corrected chi connectivity index (χ3v) is 3.47. The van der Waals surface area contributed by atoms with E-state index in [1.54, 1.807) is 24.4 Å². The highest BCUT2D eigenvalue weighted by Gasteiger charge is 2.17. The van der Waals surface area contributed by atoms with E-state index in [2.05, 4.69) is 10.3 Å². The Kier molecular flexibility index (Phi) is 5.66. The lowest BCUT2D eigenvalue weighted by Gasteiger charge is -2.08. The second-order valence-electron chi connectivity index (χ2n) is 4.19. The lowest BCUT2D eigenvalue weighted by Crippen LogP contribution is -2.21. The number of nitrogens with zero attached hydrogens (tertiary/aromatic N) is 2. The van der Waals surface area contributed by atoms with E-state index in [9.17, 15) is 9.59 Å². The zero-order valence-corrected chi connectivity index (χ0v) is 13.1. The maximum absolute atomic E-state index is 12.0. The molecular weight excluding hydrogens is 318 g/mol. The summed E-state index contributed by atoms with van der Waals surface area (Å²) >= 11 is 1.22. The molecule has 0 spiro atoms. The van der Waals surface area contributed by atoms with Crippen molar-refractivity contribution in [2.24, 2.45) is 0 Å². The molecule has 0 bridgehead atoms. The van der Waals surface area contributed by atoms with Gasteiger partial charge in [0.05, 0.1) is 12.2 Å². The predicted octanol–water partition coefficient (Wildman–Crippen LogP) is 2.21. The Morgan fingerprint density at radius 1 is 1.43 bits per heavy atom. The number of hydrogen-bond acceptors (Lipinski definition) is 7. The first-order chi connectivity index (χ1) is 11.2. The summed E-state index contributed by atoms with van der Waals surface area (Å²) in [6.07, 6.45) is 1.49. The molecule has 0 unspecified atom stereocenters. The van der Waals surface area contributed by atoms with Crippen LogP contribution in [0.3, 0.4) is 0 Å². The van der Waals surface area contributed by atoms with Gasteiger partial charge in [0, 0.05) is 6.20 Å². The Morgan fingerprint density at radius 2 is 2.26 bits per heavy atom. The summed E-state index contributed by atoms with van der Waals surface area (Å²) in [7, 11) is 0. The molecule has 1 N–H and O–H groups in total. The molecule has 8 heteroatoms. The summed E-state index contributed by atoms with van der Waals surface area (Å²) in [6.45, 7) is 1.65. The van der Waals surface area contributed by atoms with Gasteiger partial charge in [-0.3, -0.25) is 4.79 Å². The van der Waals surface area contributed by atoms with E-state index in [-0.39, 0.29) is 11.4 Å². The highest BCUT2D eigenvalue weighted by molar-refractivity contribution is 7.14. The number of nitriles is 1. The number of ether oxygens (including phenoxy) is 2. The molecule has 2 rings (SSSR count). The van der Waals surface area contributed by atoms with Crippen LogP contribution in [-0.4, -0.2) is 30.1 Å². The number of rotatable bonds is 6. The lowest BCUT2D eigenvalue weighted by atomic mass is 10.3. The molecule has 0 saturated heterocycles. The second-order valence-corrected chi connectivity index (χ2v) is 5.10. The summed E-state index contributed by atoms with van der Waals surface area (Å²) in [5, 5.41) is 13.5. The Labute approximate surface area is 136 Å². The number of carbonyl (C=O) groups is 2. The Hall–Kier alpha value is -2.92. The summed E-state index contributed by atoms with van der Waals surface area (Å²) in [6, 6.07) is 6.63. The number of hydrogen-bond donors (Lipinski definition) is 1. The minimum atomic E-state index is -0.705. The van der Waals surface area contributed by atoms with Gasteiger partial charge in [-0.1, -0.05) is 0 Å². The monoisotopic (exact) mass is 331 g/mol. The van der Waals surface area contributed by atoms with Crippen molar-refractivity contribution in [3.8, 4) is 11.9 Å². The summed E-state index contributed by atoms with van der Waals surface area (Å²) < 4.78 is 10.2. The van der Waals surface area contributed by atoms with Gasteiger partial charge in [-0.15, -0.1) is 11.3 Å². The summed E-state index contributed by atoms with van der Waals surface area (Å²) in [4.78, 5) is 27.7. The third kappa shape index (κ3) is 4.28. The van der Waals surface area contributed by atoms with Crippen molar-refractivity contribution in [1.29, 1.82) is 5.26 Å². The molecule has 0 aromatic carbocycles. The average Bonchev–Trinajstić information content (AvgIpc) is 3.00. The van der Waals surface area contributed by atoms with Crippen LogP contribution in [-0.2, 0) is 9.53 Å². The first-order valence-electron chi connectivity index (χ1n) is 6.68. The molecule has 2 aromatic rings. The van der Waals surface area contributed by atoms with Gasteiger partial charge in [-0.2, -0.15) is 5.26 Å². The quantitative estimate of drug-likeness (QED) is 0.814. The fourth-order valence-electron chi connectivity index (χ4n) is 1.66. The predicted molar refractivity (Wildman–Crippen MR) is 83.4 cm³/mol. The molecular formula is C15H13N3O4S. The normalized spacial score (nSPS) is 9.74. The van der Waals surface area contributed by atoms with E-state index in [1.165, 1.54) is 23.6 Å². The third-order valence-electron chi connectivity index (χ3n) is 2.65. The van der Waals surface area contributed by atoms with Crippen molar-refractivity contribution in [2.45, 2.75) is 6.92 Å². The second kappa shape index (κ2) is 7.91. The smallest absolute Gasteiger partial charge is 0.344 e. The van der Waals surface area contributed by atoms with Gasteiger partial charge < -0.3 is 14.8 Å². The van der Waals surface area contributed by atoms with Crippen LogP contribution in [0.4, 0.5) is 5.00 Å². The fraction of sp³-hybridized carbons (Fsp3) is 0.200. The van der Waals surface area contributed by atoms with Crippen molar-refractivity contribution in [2.75, 3.05) is 18.5 Å². The molecule has 2 aromatic heterocycles. The number of esters is 1. The SMILES string of the molecule is CCOc1ncccc1C(=O)OCC(=O)Nc1sccc1C#N. The van der Waals surface area contributed by atoms with Gasteiger partial charge in [-0.05, 0) is 30.5 Å². The largest absolute Gasteiger partial charge is 0.477 e. The summed E-state index contributed by atoms with van der Waals surface area (Å²) in [5.74, 6) is -1.08. The van der Waals surface area contributed by atoms with Gasteiger partial charge >= 0.3 is 5.97 Å². The van der Waals surface area contributed by atoms with Gasteiger partial charge in [0.25, 0.3) is 5.91 Å². The van der Waals surface area contributed by atoms with Crippen LogP contribution in [0.2, 0.25) is 0 Å². The van der Waals surface area contributed by atoms with Crippen molar-refractivity contribution in [3.63, 3.8) is 0 Å². The highest BCUT2D eigenvalue weighted by atomic mass is 32.1. The van der Waals surface area contributed by atoms with Crippen molar-refractivity contribution in [1.82, 2.24) is 4.98 Å².